The zero-order valence-corrected chi connectivity index (χ0v) is 7.59. The Morgan fingerprint density at radius 3 is 2.83 bits per heavy atom. The summed E-state index contributed by atoms with van der Waals surface area (Å²) >= 11 is 0. The molecular formula is C10H16N2. The fraction of sp³-hybridized carbons (Fsp3) is 0.600. The zero-order chi connectivity index (χ0) is 8.39. The van der Waals surface area contributed by atoms with Gasteiger partial charge in [0.2, 0.25) is 0 Å². The standard InChI is InChI=1S/C10H16N2/c1-9-4-5-11-10(8-9)12-6-2-3-7-12/h4-5,8,10-11H,2-3,6-7H2,1H3. The first kappa shape index (κ1) is 7.87. The van der Waals surface area contributed by atoms with Crippen LogP contribution in [-0.4, -0.2) is 24.2 Å². The van der Waals surface area contributed by atoms with Crippen molar-refractivity contribution in [3.05, 3.63) is 23.9 Å². The van der Waals surface area contributed by atoms with Gasteiger partial charge in [-0.15, -0.1) is 0 Å². The van der Waals surface area contributed by atoms with Crippen molar-refractivity contribution < 1.29 is 0 Å². The highest BCUT2D eigenvalue weighted by Gasteiger charge is 2.19. The van der Waals surface area contributed by atoms with Gasteiger partial charge in [0.05, 0.1) is 6.17 Å². The Labute approximate surface area is 73.9 Å². The van der Waals surface area contributed by atoms with Crippen molar-refractivity contribution in [3.63, 3.8) is 0 Å². The fourth-order valence-electron chi connectivity index (χ4n) is 1.86. The highest BCUT2D eigenvalue weighted by atomic mass is 15.3. The smallest absolute Gasteiger partial charge is 0.0987 e. The van der Waals surface area contributed by atoms with E-state index in [9.17, 15) is 0 Å². The van der Waals surface area contributed by atoms with Crippen molar-refractivity contribution in [2.45, 2.75) is 25.9 Å². The van der Waals surface area contributed by atoms with Crippen molar-refractivity contribution in [3.8, 4) is 0 Å². The maximum Gasteiger partial charge on any atom is 0.0987 e. The molecule has 0 aliphatic carbocycles. The second-order valence-corrected chi connectivity index (χ2v) is 3.60. The Hall–Kier alpha value is -0.760. The van der Waals surface area contributed by atoms with Crippen LogP contribution in [0.3, 0.4) is 0 Å². The Kier molecular flexibility index (Phi) is 2.17. The number of hydrogen-bond donors (Lipinski definition) is 1. The molecule has 1 N–H and O–H groups in total. The highest BCUT2D eigenvalue weighted by Crippen LogP contribution is 2.14. The minimum absolute atomic E-state index is 0.456. The van der Waals surface area contributed by atoms with Gasteiger partial charge in [-0.05, 0) is 38.1 Å². The van der Waals surface area contributed by atoms with Gasteiger partial charge in [0, 0.05) is 13.1 Å². The molecule has 0 aromatic rings. The summed E-state index contributed by atoms with van der Waals surface area (Å²) in [4.78, 5) is 2.49. The summed E-state index contributed by atoms with van der Waals surface area (Å²) in [6, 6.07) is 0. The van der Waals surface area contributed by atoms with Crippen molar-refractivity contribution in [1.82, 2.24) is 10.2 Å². The van der Waals surface area contributed by atoms with Gasteiger partial charge < -0.3 is 5.32 Å². The average molecular weight is 164 g/mol. The molecule has 2 aliphatic rings. The van der Waals surface area contributed by atoms with Crippen LogP contribution in [0.5, 0.6) is 0 Å². The molecule has 2 rings (SSSR count). The van der Waals surface area contributed by atoms with Crippen LogP contribution >= 0.6 is 0 Å². The Balaban J connectivity index is 2.00. The van der Waals surface area contributed by atoms with Crippen LogP contribution < -0.4 is 5.32 Å². The third-order valence-electron chi connectivity index (χ3n) is 2.57. The van der Waals surface area contributed by atoms with Gasteiger partial charge in [-0.1, -0.05) is 5.57 Å². The first-order valence-electron chi connectivity index (χ1n) is 4.71. The number of nitrogens with zero attached hydrogens (tertiary/aromatic N) is 1. The van der Waals surface area contributed by atoms with E-state index in [1.165, 1.54) is 31.5 Å². The fourth-order valence-corrected chi connectivity index (χ4v) is 1.86. The monoisotopic (exact) mass is 164 g/mol. The summed E-state index contributed by atoms with van der Waals surface area (Å²) in [6.07, 6.45) is 9.64. The number of rotatable bonds is 1. The molecule has 12 heavy (non-hydrogen) atoms. The second kappa shape index (κ2) is 3.31. The Morgan fingerprint density at radius 2 is 2.17 bits per heavy atom. The van der Waals surface area contributed by atoms with Gasteiger partial charge in [-0.25, -0.2) is 0 Å². The molecule has 0 aromatic carbocycles. The molecule has 2 aliphatic heterocycles. The summed E-state index contributed by atoms with van der Waals surface area (Å²) in [6.45, 7) is 4.64. The van der Waals surface area contributed by atoms with E-state index in [-0.39, 0.29) is 0 Å². The SMILES string of the molecule is CC1=CC(N2CCCC2)NC=C1. The van der Waals surface area contributed by atoms with Crippen LogP contribution in [0.4, 0.5) is 0 Å². The van der Waals surface area contributed by atoms with Crippen LogP contribution in [-0.2, 0) is 0 Å². The third-order valence-corrected chi connectivity index (χ3v) is 2.57. The lowest BCUT2D eigenvalue weighted by Gasteiger charge is -2.27. The topological polar surface area (TPSA) is 15.3 Å². The molecule has 0 spiro atoms. The first-order chi connectivity index (χ1) is 5.86. The lowest BCUT2D eigenvalue weighted by Crippen LogP contribution is -2.41. The quantitative estimate of drug-likeness (QED) is 0.631. The molecule has 0 aromatic heterocycles. The van der Waals surface area contributed by atoms with Crippen molar-refractivity contribution in [1.29, 1.82) is 0 Å². The summed E-state index contributed by atoms with van der Waals surface area (Å²) in [5, 5.41) is 3.36. The molecule has 0 radical (unpaired) electrons. The molecule has 2 heteroatoms. The maximum absolute atomic E-state index is 3.36. The molecular weight excluding hydrogens is 148 g/mol. The van der Waals surface area contributed by atoms with Crippen LogP contribution in [0.2, 0.25) is 0 Å². The Bertz CT molecular complexity index is 212. The normalized spacial score (nSPS) is 30.1. The minimum Gasteiger partial charge on any atom is -0.372 e. The molecule has 1 fully saturated rings. The molecule has 2 heterocycles. The summed E-state index contributed by atoms with van der Waals surface area (Å²) in [5.74, 6) is 0. The van der Waals surface area contributed by atoms with E-state index in [2.05, 4.69) is 35.5 Å². The molecule has 2 nitrogen and oxygen atoms in total. The molecule has 0 amide bonds. The van der Waals surface area contributed by atoms with E-state index in [1.54, 1.807) is 0 Å². The zero-order valence-electron chi connectivity index (χ0n) is 7.59. The van der Waals surface area contributed by atoms with Gasteiger partial charge in [0.1, 0.15) is 0 Å². The molecule has 1 unspecified atom stereocenters. The van der Waals surface area contributed by atoms with Gasteiger partial charge in [-0.2, -0.15) is 0 Å². The second-order valence-electron chi connectivity index (χ2n) is 3.60. The number of hydrogen-bond acceptors (Lipinski definition) is 2. The summed E-state index contributed by atoms with van der Waals surface area (Å²) in [5.41, 5.74) is 1.37. The first-order valence-corrected chi connectivity index (χ1v) is 4.71. The minimum atomic E-state index is 0.456. The van der Waals surface area contributed by atoms with Crippen LogP contribution in [0.25, 0.3) is 0 Å². The number of dihydropyridines is 1. The van der Waals surface area contributed by atoms with Crippen molar-refractivity contribution in [2.75, 3.05) is 13.1 Å². The highest BCUT2D eigenvalue weighted by molar-refractivity contribution is 5.22. The summed E-state index contributed by atoms with van der Waals surface area (Å²) < 4.78 is 0. The Morgan fingerprint density at radius 1 is 1.42 bits per heavy atom. The lowest BCUT2D eigenvalue weighted by molar-refractivity contribution is 0.261. The van der Waals surface area contributed by atoms with E-state index >= 15 is 0 Å². The average Bonchev–Trinajstić information content (AvgIpc) is 2.56. The van der Waals surface area contributed by atoms with E-state index in [0.29, 0.717) is 6.17 Å². The van der Waals surface area contributed by atoms with Gasteiger partial charge in [-0.3, -0.25) is 4.90 Å². The van der Waals surface area contributed by atoms with Gasteiger partial charge >= 0.3 is 0 Å². The molecule has 1 saturated heterocycles. The maximum atomic E-state index is 3.36. The third kappa shape index (κ3) is 1.53. The predicted octanol–water partition coefficient (Wildman–Crippen LogP) is 1.47. The predicted molar refractivity (Wildman–Crippen MR) is 50.6 cm³/mol. The number of nitrogens with one attached hydrogen (secondary N) is 1. The van der Waals surface area contributed by atoms with Crippen LogP contribution in [0.15, 0.2) is 23.9 Å². The number of allylic oxidation sites excluding steroid dienone is 2. The molecule has 0 bridgehead atoms. The van der Waals surface area contributed by atoms with E-state index in [1.807, 2.05) is 0 Å². The van der Waals surface area contributed by atoms with Gasteiger partial charge in [0.25, 0.3) is 0 Å². The molecule has 0 saturated carbocycles. The van der Waals surface area contributed by atoms with E-state index in [4.69, 9.17) is 0 Å². The summed E-state index contributed by atoms with van der Waals surface area (Å²) in [7, 11) is 0. The largest absolute Gasteiger partial charge is 0.372 e. The van der Waals surface area contributed by atoms with Gasteiger partial charge in [0.15, 0.2) is 0 Å². The van der Waals surface area contributed by atoms with E-state index < -0.39 is 0 Å². The number of likely N-dealkylation sites (tertiary alicyclic amines) is 1. The molecule has 66 valence electrons. The van der Waals surface area contributed by atoms with Crippen LogP contribution in [0, 0.1) is 0 Å². The van der Waals surface area contributed by atoms with Crippen molar-refractivity contribution >= 4 is 0 Å². The van der Waals surface area contributed by atoms with E-state index in [0.717, 1.165) is 0 Å². The molecule has 1 atom stereocenters. The lowest BCUT2D eigenvalue weighted by atomic mass is 10.2. The van der Waals surface area contributed by atoms with Crippen molar-refractivity contribution in [2.24, 2.45) is 0 Å². The van der Waals surface area contributed by atoms with Crippen LogP contribution in [0.1, 0.15) is 19.8 Å².